The van der Waals surface area contributed by atoms with Gasteiger partial charge in [-0.1, -0.05) is 12.1 Å². The molecular weight excluding hydrogens is 336 g/mol. The molecule has 134 valence electrons. The second-order valence-corrected chi connectivity index (χ2v) is 6.82. The van der Waals surface area contributed by atoms with Crippen LogP contribution >= 0.6 is 0 Å². The zero-order valence-corrected chi connectivity index (χ0v) is 15.0. The number of hydrogen-bond donors (Lipinski definition) is 0. The fourth-order valence-electron chi connectivity index (χ4n) is 3.75. The topological polar surface area (TPSA) is 52.8 Å². The number of rotatable bonds is 3. The third-order valence-corrected chi connectivity index (χ3v) is 5.09. The first-order chi connectivity index (χ1) is 13.4. The Kier molecular flexibility index (Phi) is 4.14. The Morgan fingerprint density at radius 2 is 1.89 bits per heavy atom. The molecule has 4 heterocycles. The molecule has 0 amide bonds. The van der Waals surface area contributed by atoms with Gasteiger partial charge in [-0.15, -0.1) is 0 Å². The summed E-state index contributed by atoms with van der Waals surface area (Å²) in [7, 11) is 0. The summed E-state index contributed by atoms with van der Waals surface area (Å²) < 4.78 is 8.09. The quantitative estimate of drug-likeness (QED) is 0.526. The van der Waals surface area contributed by atoms with E-state index in [1.807, 2.05) is 47.7 Å². The van der Waals surface area contributed by atoms with Crippen molar-refractivity contribution in [1.29, 1.82) is 0 Å². The van der Waals surface area contributed by atoms with Gasteiger partial charge >= 0.3 is 0 Å². The highest BCUT2D eigenvalue weighted by molar-refractivity contribution is 5.88. The Bertz CT molecular complexity index is 1070. The zero-order valence-electron chi connectivity index (χ0n) is 15.0. The van der Waals surface area contributed by atoms with Gasteiger partial charge in [0.1, 0.15) is 0 Å². The first kappa shape index (κ1) is 16.1. The molecule has 4 aromatic rings. The van der Waals surface area contributed by atoms with Crippen molar-refractivity contribution in [1.82, 2.24) is 19.7 Å². The van der Waals surface area contributed by atoms with E-state index in [1.165, 1.54) is 0 Å². The lowest BCUT2D eigenvalue weighted by molar-refractivity contribution is -0.0383. The molecule has 1 fully saturated rings. The lowest BCUT2D eigenvalue weighted by Gasteiger charge is -2.25. The Morgan fingerprint density at radius 3 is 2.74 bits per heavy atom. The van der Waals surface area contributed by atoms with E-state index in [1.54, 1.807) is 0 Å². The van der Waals surface area contributed by atoms with Crippen LogP contribution in [0.25, 0.3) is 33.3 Å². The molecule has 0 N–H and O–H groups in total. The van der Waals surface area contributed by atoms with Gasteiger partial charge in [-0.25, -0.2) is 4.68 Å². The monoisotopic (exact) mass is 356 g/mol. The van der Waals surface area contributed by atoms with Gasteiger partial charge in [0.25, 0.3) is 0 Å². The molecule has 1 unspecified atom stereocenters. The van der Waals surface area contributed by atoms with Crippen LogP contribution < -0.4 is 0 Å². The van der Waals surface area contributed by atoms with Crippen LogP contribution in [0.5, 0.6) is 0 Å². The van der Waals surface area contributed by atoms with Crippen molar-refractivity contribution >= 4 is 10.9 Å². The smallest absolute Gasteiger partial charge is 0.150 e. The Hall–Kier alpha value is -3.05. The molecule has 1 aliphatic rings. The number of nitrogens with zero attached hydrogens (tertiary/aromatic N) is 4. The number of ether oxygens (including phenoxy) is 1. The predicted octanol–water partition coefficient (Wildman–Crippen LogP) is 4.86. The van der Waals surface area contributed by atoms with E-state index in [2.05, 4.69) is 34.2 Å². The number of pyridine rings is 2. The van der Waals surface area contributed by atoms with Gasteiger partial charge in [0.15, 0.2) is 6.23 Å². The van der Waals surface area contributed by atoms with Crippen molar-refractivity contribution in [3.8, 4) is 22.4 Å². The highest BCUT2D eigenvalue weighted by Gasteiger charge is 2.23. The summed E-state index contributed by atoms with van der Waals surface area (Å²) in [5, 5.41) is 5.85. The molecule has 5 nitrogen and oxygen atoms in total. The fraction of sp³-hybridized carbons (Fsp3) is 0.227. The number of hydrogen-bond acceptors (Lipinski definition) is 4. The number of fused-ring (bicyclic) bond motifs is 1. The Balaban J connectivity index is 1.70. The zero-order chi connectivity index (χ0) is 18.1. The molecule has 1 saturated heterocycles. The summed E-state index contributed by atoms with van der Waals surface area (Å²) in [6.07, 6.45) is 10.6. The van der Waals surface area contributed by atoms with E-state index in [9.17, 15) is 0 Å². The summed E-state index contributed by atoms with van der Waals surface area (Å²) >= 11 is 0. The summed E-state index contributed by atoms with van der Waals surface area (Å²) in [4.78, 5) is 8.59. The average Bonchev–Trinajstić information content (AvgIpc) is 3.20. The van der Waals surface area contributed by atoms with E-state index >= 15 is 0 Å². The molecule has 0 spiro atoms. The van der Waals surface area contributed by atoms with Gasteiger partial charge in [-0.05, 0) is 55.2 Å². The van der Waals surface area contributed by atoms with Gasteiger partial charge in [0.2, 0.25) is 0 Å². The maximum Gasteiger partial charge on any atom is 0.150 e. The van der Waals surface area contributed by atoms with Crippen LogP contribution in [-0.4, -0.2) is 26.4 Å². The van der Waals surface area contributed by atoms with Crippen molar-refractivity contribution in [2.75, 3.05) is 6.61 Å². The molecule has 0 aliphatic carbocycles. The number of benzene rings is 1. The molecule has 3 aromatic heterocycles. The average molecular weight is 356 g/mol. The molecule has 1 aliphatic heterocycles. The van der Waals surface area contributed by atoms with Crippen LogP contribution in [0.15, 0.2) is 67.3 Å². The van der Waals surface area contributed by atoms with Crippen LogP contribution in [0.1, 0.15) is 25.5 Å². The van der Waals surface area contributed by atoms with E-state index in [0.717, 1.165) is 59.2 Å². The number of aromatic nitrogens is 4. The van der Waals surface area contributed by atoms with E-state index in [-0.39, 0.29) is 6.23 Å². The maximum atomic E-state index is 6.04. The maximum absolute atomic E-state index is 6.04. The minimum absolute atomic E-state index is 0.0195. The van der Waals surface area contributed by atoms with Crippen LogP contribution in [0.4, 0.5) is 0 Å². The molecule has 27 heavy (non-hydrogen) atoms. The first-order valence-electron chi connectivity index (χ1n) is 9.35. The minimum atomic E-state index is -0.0195. The Morgan fingerprint density at radius 1 is 0.963 bits per heavy atom. The van der Waals surface area contributed by atoms with E-state index < -0.39 is 0 Å². The SMILES string of the molecule is c1cnc2ccc(-c3c(-c4ccncc4)cnn3C3CCCCO3)cc2c1. The lowest BCUT2D eigenvalue weighted by Crippen LogP contribution is -2.20. The van der Waals surface area contributed by atoms with Gasteiger partial charge in [0, 0.05) is 41.7 Å². The molecular formula is C22H20N4O. The second kappa shape index (κ2) is 6.93. The van der Waals surface area contributed by atoms with E-state index in [0.29, 0.717) is 0 Å². The van der Waals surface area contributed by atoms with Crippen LogP contribution in [0.2, 0.25) is 0 Å². The van der Waals surface area contributed by atoms with Gasteiger partial charge in [-0.3, -0.25) is 9.97 Å². The largest absolute Gasteiger partial charge is 0.356 e. The molecule has 0 bridgehead atoms. The van der Waals surface area contributed by atoms with E-state index in [4.69, 9.17) is 9.84 Å². The summed E-state index contributed by atoms with van der Waals surface area (Å²) in [6.45, 7) is 0.788. The molecule has 5 rings (SSSR count). The molecule has 1 atom stereocenters. The minimum Gasteiger partial charge on any atom is -0.356 e. The summed E-state index contributed by atoms with van der Waals surface area (Å²) in [5.41, 5.74) is 5.39. The summed E-state index contributed by atoms with van der Waals surface area (Å²) in [6, 6.07) is 14.5. The van der Waals surface area contributed by atoms with Crippen molar-refractivity contribution < 1.29 is 4.74 Å². The van der Waals surface area contributed by atoms with Crippen molar-refractivity contribution in [3.05, 3.63) is 67.3 Å². The molecule has 1 aromatic carbocycles. The highest BCUT2D eigenvalue weighted by atomic mass is 16.5. The Labute approximate surface area is 157 Å². The molecule has 5 heteroatoms. The third-order valence-electron chi connectivity index (χ3n) is 5.09. The standard InChI is InChI=1S/C22H20N4O/c1-2-13-27-21(5-1)26-22(19(15-25-26)16-8-11-23-12-9-16)18-6-7-20-17(14-18)4-3-10-24-20/h3-4,6-12,14-15,21H,1-2,5,13H2. The highest BCUT2D eigenvalue weighted by Crippen LogP contribution is 2.36. The normalized spacial score (nSPS) is 17.3. The first-order valence-corrected chi connectivity index (χ1v) is 9.35. The second-order valence-electron chi connectivity index (χ2n) is 6.82. The predicted molar refractivity (Wildman–Crippen MR) is 105 cm³/mol. The van der Waals surface area contributed by atoms with Gasteiger partial charge in [-0.2, -0.15) is 5.10 Å². The van der Waals surface area contributed by atoms with Crippen molar-refractivity contribution in [2.24, 2.45) is 0 Å². The molecule has 0 radical (unpaired) electrons. The summed E-state index contributed by atoms with van der Waals surface area (Å²) in [5.74, 6) is 0. The third kappa shape index (κ3) is 3.00. The van der Waals surface area contributed by atoms with Gasteiger partial charge in [0.05, 0.1) is 17.4 Å². The molecule has 0 saturated carbocycles. The van der Waals surface area contributed by atoms with Crippen molar-refractivity contribution in [3.63, 3.8) is 0 Å². The van der Waals surface area contributed by atoms with Crippen LogP contribution in [0, 0.1) is 0 Å². The lowest BCUT2D eigenvalue weighted by atomic mass is 10.0. The van der Waals surface area contributed by atoms with Gasteiger partial charge < -0.3 is 4.74 Å². The van der Waals surface area contributed by atoms with Crippen LogP contribution in [-0.2, 0) is 4.74 Å². The van der Waals surface area contributed by atoms with Crippen molar-refractivity contribution in [2.45, 2.75) is 25.5 Å². The van der Waals surface area contributed by atoms with Crippen LogP contribution in [0.3, 0.4) is 0 Å². The fourth-order valence-corrected chi connectivity index (χ4v) is 3.75.